The van der Waals surface area contributed by atoms with E-state index in [0.29, 0.717) is 0 Å². The maximum Gasteiger partial charge on any atom is 2.00 e. The second-order valence-corrected chi connectivity index (χ2v) is 0. The topological polar surface area (TPSA) is 142 Å². The van der Waals surface area contributed by atoms with Crippen LogP contribution in [0.2, 0.25) is 0 Å². The Morgan fingerprint density at radius 2 is 0.200 bits per heavy atom. The first-order valence-corrected chi connectivity index (χ1v) is 0. The zero-order chi connectivity index (χ0) is 0. The van der Waals surface area contributed by atoms with E-state index in [1.807, 2.05) is 0 Å². The van der Waals surface area contributed by atoms with Gasteiger partial charge in [-0.2, -0.15) is 0 Å². The standard InChI is InChI=1S/5Mn.5O/q5*+2;5*-2. The summed E-state index contributed by atoms with van der Waals surface area (Å²) in [5.74, 6) is 0. The third kappa shape index (κ3) is 160. The largest absolute Gasteiger partial charge is 2.00 e. The summed E-state index contributed by atoms with van der Waals surface area (Å²) in [6.07, 6.45) is 0. The van der Waals surface area contributed by atoms with Crippen LogP contribution in [-0.2, 0) is 113 Å². The quantitative estimate of drug-likeness (QED) is 0.512. The molecule has 10 heteroatoms. The molecule has 5 radical (unpaired) electrons. The van der Waals surface area contributed by atoms with Gasteiger partial charge in [-0.25, -0.2) is 0 Å². The van der Waals surface area contributed by atoms with Gasteiger partial charge in [-0.15, -0.1) is 0 Å². The maximum absolute atomic E-state index is 0. The van der Waals surface area contributed by atoms with Crippen molar-refractivity contribution in [1.29, 1.82) is 0 Å². The van der Waals surface area contributed by atoms with Gasteiger partial charge in [-0.1, -0.05) is 0 Å². The molecule has 0 aliphatic carbocycles. The van der Waals surface area contributed by atoms with Gasteiger partial charge in [0, 0.05) is 0 Å². The van der Waals surface area contributed by atoms with E-state index in [1.54, 1.807) is 0 Å². The van der Waals surface area contributed by atoms with Gasteiger partial charge in [0.05, 0.1) is 0 Å². The summed E-state index contributed by atoms with van der Waals surface area (Å²) in [6.45, 7) is 0. The molecule has 0 heterocycles. The predicted molar refractivity (Wildman–Crippen MR) is 3.43 cm³/mol. The SMILES string of the molecule is [Mn+2].[Mn+2].[Mn+2].[Mn+2].[Mn+2].[O-2].[O-2].[O-2].[O-2].[O-2]. The fourth-order valence-corrected chi connectivity index (χ4v) is 0. The minimum absolute atomic E-state index is 0. The summed E-state index contributed by atoms with van der Waals surface area (Å²) in [5, 5.41) is 0. The minimum atomic E-state index is 0. The van der Waals surface area contributed by atoms with Crippen molar-refractivity contribution in [2.24, 2.45) is 0 Å². The van der Waals surface area contributed by atoms with Gasteiger partial charge in [0.2, 0.25) is 0 Å². The van der Waals surface area contributed by atoms with Crippen LogP contribution in [0.15, 0.2) is 0 Å². The Balaban J connectivity index is 0. The summed E-state index contributed by atoms with van der Waals surface area (Å²) >= 11 is 0. The molecule has 0 aliphatic heterocycles. The molecule has 65 valence electrons. The van der Waals surface area contributed by atoms with Crippen LogP contribution in [-0.4, -0.2) is 0 Å². The van der Waals surface area contributed by atoms with E-state index in [0.717, 1.165) is 0 Å². The van der Waals surface area contributed by atoms with E-state index in [-0.39, 0.29) is 113 Å². The predicted octanol–water partition coefficient (Wildman–Crippen LogP) is -0.607. The van der Waals surface area contributed by atoms with Crippen LogP contribution in [0.25, 0.3) is 0 Å². The van der Waals surface area contributed by atoms with Crippen molar-refractivity contribution in [3.8, 4) is 0 Å². The molecule has 0 aromatic heterocycles. The van der Waals surface area contributed by atoms with Crippen molar-refractivity contribution < 1.29 is 113 Å². The first-order valence-electron chi connectivity index (χ1n) is 0. The first kappa shape index (κ1) is 280. The van der Waals surface area contributed by atoms with Gasteiger partial charge in [0.15, 0.2) is 0 Å². The van der Waals surface area contributed by atoms with Crippen LogP contribution >= 0.6 is 0 Å². The smallest absolute Gasteiger partial charge is 2.00 e. The van der Waals surface area contributed by atoms with Crippen molar-refractivity contribution in [3.05, 3.63) is 0 Å². The average molecular weight is 355 g/mol. The number of hydrogen-bond acceptors (Lipinski definition) is 0. The fourth-order valence-electron chi connectivity index (χ4n) is 0. The molecule has 0 bridgehead atoms. The van der Waals surface area contributed by atoms with E-state index >= 15 is 0 Å². The Morgan fingerprint density at radius 1 is 0.200 bits per heavy atom. The Kier molecular flexibility index (Phi) is 6010. The van der Waals surface area contributed by atoms with Gasteiger partial charge in [-0.05, 0) is 0 Å². The van der Waals surface area contributed by atoms with Crippen LogP contribution < -0.4 is 0 Å². The van der Waals surface area contributed by atoms with Crippen LogP contribution in [0.1, 0.15) is 0 Å². The summed E-state index contributed by atoms with van der Waals surface area (Å²) < 4.78 is 0. The van der Waals surface area contributed by atoms with Gasteiger partial charge in [-0.3, -0.25) is 0 Å². The number of rotatable bonds is 0. The monoisotopic (exact) mass is 355 g/mol. The molecular weight excluding hydrogens is 355 g/mol. The molecule has 0 unspecified atom stereocenters. The normalized spacial score (nSPS) is 0. The molecule has 0 fully saturated rings. The van der Waals surface area contributed by atoms with Gasteiger partial charge < -0.3 is 27.4 Å². The second-order valence-electron chi connectivity index (χ2n) is 0. The molecule has 0 amide bonds. The fraction of sp³-hybridized carbons (Fsp3) is 0. The molecule has 0 atom stereocenters. The molecule has 0 saturated carbocycles. The number of hydrogen-bond donors (Lipinski definition) is 0. The summed E-state index contributed by atoms with van der Waals surface area (Å²) in [4.78, 5) is 0. The van der Waals surface area contributed by atoms with Crippen molar-refractivity contribution in [2.75, 3.05) is 0 Å². The third-order valence-corrected chi connectivity index (χ3v) is 0. The van der Waals surface area contributed by atoms with Gasteiger partial charge in [0.1, 0.15) is 0 Å². The zero-order valence-corrected chi connectivity index (χ0v) is 9.83. The average Bonchev–Trinajstić information content (AvgIpc) is 0. The molecule has 5 nitrogen and oxygen atoms in total. The summed E-state index contributed by atoms with van der Waals surface area (Å²) in [5.41, 5.74) is 0. The van der Waals surface area contributed by atoms with E-state index < -0.39 is 0 Å². The van der Waals surface area contributed by atoms with Gasteiger partial charge in [0.25, 0.3) is 0 Å². The molecule has 10 heavy (non-hydrogen) atoms. The van der Waals surface area contributed by atoms with Crippen LogP contribution in [0, 0.1) is 0 Å². The summed E-state index contributed by atoms with van der Waals surface area (Å²) in [6, 6.07) is 0. The van der Waals surface area contributed by atoms with E-state index in [2.05, 4.69) is 0 Å². The Morgan fingerprint density at radius 3 is 0.200 bits per heavy atom. The summed E-state index contributed by atoms with van der Waals surface area (Å²) in [7, 11) is 0. The molecule has 0 rings (SSSR count). The van der Waals surface area contributed by atoms with Crippen molar-refractivity contribution in [1.82, 2.24) is 0 Å². The Labute approximate surface area is 112 Å². The van der Waals surface area contributed by atoms with Crippen LogP contribution in [0.4, 0.5) is 0 Å². The van der Waals surface area contributed by atoms with Crippen molar-refractivity contribution >= 4 is 0 Å². The molecule has 0 aromatic carbocycles. The van der Waals surface area contributed by atoms with Gasteiger partial charge >= 0.3 is 85.3 Å². The van der Waals surface area contributed by atoms with Crippen LogP contribution in [0.5, 0.6) is 0 Å². The Hall–Kier alpha value is 2.40. The van der Waals surface area contributed by atoms with Crippen molar-refractivity contribution in [3.63, 3.8) is 0 Å². The van der Waals surface area contributed by atoms with E-state index in [1.165, 1.54) is 0 Å². The van der Waals surface area contributed by atoms with E-state index in [4.69, 9.17) is 0 Å². The zero-order valence-electron chi connectivity index (χ0n) is 3.93. The molecule has 0 aromatic rings. The van der Waals surface area contributed by atoms with Crippen molar-refractivity contribution in [2.45, 2.75) is 0 Å². The Bertz CT molecular complexity index is 10.0. The minimum Gasteiger partial charge on any atom is -2.00 e. The van der Waals surface area contributed by atoms with Crippen LogP contribution in [0.3, 0.4) is 0 Å². The maximum atomic E-state index is 0. The first-order chi connectivity index (χ1) is 0. The molecule has 0 aliphatic rings. The molecule has 0 N–H and O–H groups in total. The molecular formula is Mn5O5. The second kappa shape index (κ2) is 214. The van der Waals surface area contributed by atoms with E-state index in [9.17, 15) is 0 Å². The molecule has 0 saturated heterocycles. The third-order valence-electron chi connectivity index (χ3n) is 0. The molecule has 0 spiro atoms.